The van der Waals surface area contributed by atoms with Crippen molar-refractivity contribution in [3.8, 4) is 0 Å². The van der Waals surface area contributed by atoms with Gasteiger partial charge in [-0.05, 0) is 42.2 Å². The van der Waals surface area contributed by atoms with Crippen molar-refractivity contribution in [2.24, 2.45) is 0 Å². The molecule has 1 aliphatic heterocycles. The molecule has 0 radical (unpaired) electrons. The van der Waals surface area contributed by atoms with Crippen LogP contribution >= 0.6 is 11.6 Å². The first-order valence-corrected chi connectivity index (χ1v) is 12.9. The number of hydrogen-bond donors (Lipinski definition) is 0. The Labute approximate surface area is 200 Å². The molecule has 1 aliphatic rings. The standard InChI is InChI=1S/C26H27ClN2O3S/c27-25-15-14-23(33(31,32)29-16-8-3-9-17-29)18-24(25)26(30)28(19-21-10-4-1-5-11-21)20-22-12-6-2-7-13-22/h1-2,4-7,10-15,18H,3,8-9,16-17,19-20H2. The third-order valence-electron chi connectivity index (χ3n) is 5.84. The summed E-state index contributed by atoms with van der Waals surface area (Å²) in [5.41, 5.74) is 2.16. The van der Waals surface area contributed by atoms with Gasteiger partial charge in [-0.1, -0.05) is 78.7 Å². The zero-order valence-corrected chi connectivity index (χ0v) is 19.9. The predicted octanol–water partition coefficient (Wildman–Crippen LogP) is 5.36. The first kappa shape index (κ1) is 23.5. The van der Waals surface area contributed by atoms with Gasteiger partial charge >= 0.3 is 0 Å². The summed E-state index contributed by atoms with van der Waals surface area (Å²) in [5, 5.41) is 0.240. The van der Waals surface area contributed by atoms with Gasteiger partial charge in [0.05, 0.1) is 15.5 Å². The zero-order chi connectivity index (χ0) is 23.3. The van der Waals surface area contributed by atoms with Gasteiger partial charge < -0.3 is 4.90 Å². The van der Waals surface area contributed by atoms with E-state index in [-0.39, 0.29) is 21.4 Å². The lowest BCUT2D eigenvalue weighted by atomic mass is 10.1. The van der Waals surface area contributed by atoms with E-state index >= 15 is 0 Å². The van der Waals surface area contributed by atoms with Gasteiger partial charge in [0.15, 0.2) is 0 Å². The molecule has 0 saturated carbocycles. The van der Waals surface area contributed by atoms with Crippen LogP contribution in [0.2, 0.25) is 5.02 Å². The number of amides is 1. The molecule has 1 saturated heterocycles. The number of carbonyl (C=O) groups excluding carboxylic acids is 1. The summed E-state index contributed by atoms with van der Waals surface area (Å²) in [5.74, 6) is -0.302. The van der Waals surface area contributed by atoms with Crippen molar-refractivity contribution in [1.82, 2.24) is 9.21 Å². The maximum absolute atomic E-state index is 13.7. The van der Waals surface area contributed by atoms with Gasteiger partial charge in [0, 0.05) is 26.2 Å². The summed E-state index contributed by atoms with van der Waals surface area (Å²) in [6.45, 7) is 1.77. The monoisotopic (exact) mass is 482 g/mol. The average molecular weight is 483 g/mol. The highest BCUT2D eigenvalue weighted by molar-refractivity contribution is 7.89. The second kappa shape index (κ2) is 10.5. The molecule has 4 rings (SSSR count). The van der Waals surface area contributed by atoms with Crippen LogP contribution in [0.4, 0.5) is 0 Å². The van der Waals surface area contributed by atoms with E-state index in [1.165, 1.54) is 22.5 Å². The molecular formula is C26H27ClN2O3S. The lowest BCUT2D eigenvalue weighted by Crippen LogP contribution is -2.36. The molecule has 0 aliphatic carbocycles. The molecule has 0 unspecified atom stereocenters. The minimum atomic E-state index is -3.67. The van der Waals surface area contributed by atoms with Gasteiger partial charge in [-0.25, -0.2) is 8.42 Å². The van der Waals surface area contributed by atoms with Gasteiger partial charge in [0.1, 0.15) is 0 Å². The van der Waals surface area contributed by atoms with E-state index in [9.17, 15) is 13.2 Å². The Kier molecular flexibility index (Phi) is 7.48. The predicted molar refractivity (Wildman–Crippen MR) is 131 cm³/mol. The SMILES string of the molecule is O=C(c1cc(S(=O)(=O)N2CCCCC2)ccc1Cl)N(Cc1ccccc1)Cc1ccccc1. The minimum Gasteiger partial charge on any atom is -0.330 e. The maximum atomic E-state index is 13.7. The molecule has 0 atom stereocenters. The van der Waals surface area contributed by atoms with Crippen molar-refractivity contribution < 1.29 is 13.2 Å². The highest BCUT2D eigenvalue weighted by Gasteiger charge is 2.28. The molecule has 1 amide bonds. The molecule has 5 nitrogen and oxygen atoms in total. The number of benzene rings is 3. The van der Waals surface area contributed by atoms with Crippen LogP contribution in [0.25, 0.3) is 0 Å². The quantitative estimate of drug-likeness (QED) is 0.455. The lowest BCUT2D eigenvalue weighted by Gasteiger charge is -2.27. The molecule has 3 aromatic rings. The van der Waals surface area contributed by atoms with Crippen molar-refractivity contribution in [1.29, 1.82) is 0 Å². The summed E-state index contributed by atoms with van der Waals surface area (Å²) in [6, 6.07) is 23.9. The average Bonchev–Trinajstić information content (AvgIpc) is 2.85. The van der Waals surface area contributed by atoms with Gasteiger partial charge in [0.25, 0.3) is 5.91 Å². The van der Waals surface area contributed by atoms with Crippen molar-refractivity contribution in [2.45, 2.75) is 37.2 Å². The van der Waals surface area contributed by atoms with Crippen molar-refractivity contribution in [2.75, 3.05) is 13.1 Å². The second-order valence-corrected chi connectivity index (χ2v) is 10.6. The lowest BCUT2D eigenvalue weighted by molar-refractivity contribution is 0.0730. The Balaban J connectivity index is 1.67. The smallest absolute Gasteiger partial charge is 0.256 e. The van der Waals surface area contributed by atoms with Crippen LogP contribution < -0.4 is 0 Å². The van der Waals surface area contributed by atoms with Crippen LogP contribution in [0.3, 0.4) is 0 Å². The third kappa shape index (κ3) is 5.64. The topological polar surface area (TPSA) is 57.7 Å². The maximum Gasteiger partial charge on any atom is 0.256 e. The molecule has 0 aromatic heterocycles. The number of hydrogen-bond acceptors (Lipinski definition) is 3. The molecule has 33 heavy (non-hydrogen) atoms. The van der Waals surface area contributed by atoms with Crippen LogP contribution in [0.5, 0.6) is 0 Å². The van der Waals surface area contributed by atoms with Crippen molar-refractivity contribution in [3.63, 3.8) is 0 Å². The molecule has 0 N–H and O–H groups in total. The fourth-order valence-electron chi connectivity index (χ4n) is 4.06. The summed E-state index contributed by atoms with van der Waals surface area (Å²) < 4.78 is 27.9. The minimum absolute atomic E-state index is 0.108. The van der Waals surface area contributed by atoms with Gasteiger partial charge in [-0.3, -0.25) is 4.79 Å². The van der Waals surface area contributed by atoms with Crippen LogP contribution in [-0.4, -0.2) is 36.6 Å². The van der Waals surface area contributed by atoms with Gasteiger partial charge in [0.2, 0.25) is 10.0 Å². The Morgan fingerprint density at radius 2 is 1.36 bits per heavy atom. The van der Waals surface area contributed by atoms with E-state index in [0.29, 0.717) is 26.2 Å². The Morgan fingerprint density at radius 3 is 1.91 bits per heavy atom. The first-order chi connectivity index (χ1) is 15.9. The number of carbonyl (C=O) groups is 1. The Hall–Kier alpha value is -2.67. The molecular weight excluding hydrogens is 456 g/mol. The van der Waals surface area contributed by atoms with Crippen molar-refractivity contribution in [3.05, 3.63) is 101 Å². The number of nitrogens with zero attached hydrogens (tertiary/aromatic N) is 2. The van der Waals surface area contributed by atoms with Crippen LogP contribution in [0, 0.1) is 0 Å². The first-order valence-electron chi connectivity index (χ1n) is 11.1. The van der Waals surface area contributed by atoms with E-state index in [1.807, 2.05) is 60.7 Å². The zero-order valence-electron chi connectivity index (χ0n) is 18.4. The summed E-state index contributed by atoms with van der Waals surface area (Å²) in [7, 11) is -3.67. The van der Waals surface area contributed by atoms with Crippen LogP contribution in [0.1, 0.15) is 40.7 Å². The highest BCUT2D eigenvalue weighted by Crippen LogP contribution is 2.27. The summed E-state index contributed by atoms with van der Waals surface area (Å²) in [6.07, 6.45) is 2.73. The van der Waals surface area contributed by atoms with Crippen LogP contribution in [-0.2, 0) is 23.1 Å². The van der Waals surface area contributed by atoms with E-state index in [2.05, 4.69) is 0 Å². The van der Waals surface area contributed by atoms with E-state index in [0.717, 1.165) is 30.4 Å². The largest absolute Gasteiger partial charge is 0.330 e. The molecule has 172 valence electrons. The normalized spacial score (nSPS) is 14.7. The number of sulfonamides is 1. The second-order valence-electron chi connectivity index (χ2n) is 8.24. The Morgan fingerprint density at radius 1 is 0.818 bits per heavy atom. The number of halogens is 1. The molecule has 0 spiro atoms. The number of rotatable bonds is 7. The molecule has 1 fully saturated rings. The molecule has 1 heterocycles. The number of piperidine rings is 1. The third-order valence-corrected chi connectivity index (χ3v) is 8.06. The summed E-state index contributed by atoms with van der Waals surface area (Å²) in [4.78, 5) is 15.5. The van der Waals surface area contributed by atoms with Crippen LogP contribution in [0.15, 0.2) is 83.8 Å². The highest BCUT2D eigenvalue weighted by atomic mass is 35.5. The van der Waals surface area contributed by atoms with Gasteiger partial charge in [-0.15, -0.1) is 0 Å². The molecule has 3 aromatic carbocycles. The molecule has 0 bridgehead atoms. The fraction of sp³-hybridized carbons (Fsp3) is 0.269. The molecule has 7 heteroatoms. The van der Waals surface area contributed by atoms with Gasteiger partial charge in [-0.2, -0.15) is 4.31 Å². The van der Waals surface area contributed by atoms with E-state index < -0.39 is 10.0 Å². The Bertz CT molecular complexity index is 1150. The van der Waals surface area contributed by atoms with Crippen molar-refractivity contribution >= 4 is 27.5 Å². The van der Waals surface area contributed by atoms with E-state index in [1.54, 1.807) is 4.90 Å². The van der Waals surface area contributed by atoms with E-state index in [4.69, 9.17) is 11.6 Å². The fourth-order valence-corrected chi connectivity index (χ4v) is 5.80. The summed E-state index contributed by atoms with van der Waals surface area (Å²) >= 11 is 6.42.